The van der Waals surface area contributed by atoms with Crippen LogP contribution in [-0.2, 0) is 0 Å². The molecule has 1 heterocycles. The Morgan fingerprint density at radius 3 is 0.887 bits per heavy atom. The Balaban J connectivity index is 0.851. The van der Waals surface area contributed by atoms with Crippen LogP contribution < -0.4 is 0 Å². The van der Waals surface area contributed by atoms with Crippen molar-refractivity contribution in [3.8, 4) is 55.6 Å². The lowest BCUT2D eigenvalue weighted by molar-refractivity contribution is 0.669. The first-order valence-electron chi connectivity index (χ1n) is 24.6. The normalized spacial score (nSPS) is 11.9. The minimum Gasteiger partial charge on any atom is -0.456 e. The van der Waals surface area contributed by atoms with E-state index in [2.05, 4.69) is 249 Å². The number of rotatable bonds is 5. The van der Waals surface area contributed by atoms with Crippen molar-refractivity contribution in [2.75, 3.05) is 0 Å². The lowest BCUT2D eigenvalue weighted by Gasteiger charge is -2.18. The molecule has 0 unspecified atom stereocenters. The fourth-order valence-corrected chi connectivity index (χ4v) is 11.9. The molecule has 0 N–H and O–H groups in total. The first-order chi connectivity index (χ1) is 35.2. The quantitative estimate of drug-likeness (QED) is 0.157. The predicted octanol–water partition coefficient (Wildman–Crippen LogP) is 20.0. The molecule has 0 spiro atoms. The summed E-state index contributed by atoms with van der Waals surface area (Å²) in [5.74, 6) is 0. The molecular weight excluding hydrogens is 857 g/mol. The third kappa shape index (κ3) is 6.27. The minimum atomic E-state index is 0.908. The Hall–Kier alpha value is -9.30. The molecule has 14 aromatic carbocycles. The number of fused-ring (bicyclic) bond motifs is 10. The van der Waals surface area contributed by atoms with E-state index in [0.717, 1.165) is 21.9 Å². The topological polar surface area (TPSA) is 13.1 Å². The molecular formula is C70H42O. The maximum atomic E-state index is 6.26. The Kier molecular flexibility index (Phi) is 8.73. The van der Waals surface area contributed by atoms with E-state index in [4.69, 9.17) is 4.42 Å². The number of furan rings is 1. The Morgan fingerprint density at radius 1 is 0.169 bits per heavy atom. The van der Waals surface area contributed by atoms with Crippen molar-refractivity contribution in [2.24, 2.45) is 0 Å². The van der Waals surface area contributed by atoms with Gasteiger partial charge in [0.25, 0.3) is 0 Å². The first-order valence-corrected chi connectivity index (χ1v) is 24.6. The summed E-state index contributed by atoms with van der Waals surface area (Å²) in [7, 11) is 0. The Morgan fingerprint density at radius 2 is 0.451 bits per heavy atom. The van der Waals surface area contributed by atoms with Gasteiger partial charge in [0.2, 0.25) is 0 Å². The van der Waals surface area contributed by atoms with E-state index in [1.54, 1.807) is 0 Å². The molecule has 1 aromatic heterocycles. The molecule has 0 saturated heterocycles. The zero-order valence-corrected chi connectivity index (χ0v) is 38.7. The van der Waals surface area contributed by atoms with E-state index < -0.39 is 0 Å². The standard InChI is InChI=1S/C70H42O/c1-2-14-46-37-49(32-27-43(46)13-1)67-56-16-3-5-18-58(56)68(59-19-6-4-17-57(59)67)50-33-28-44-25-30-47(38-53(44)40-50)48-31-26-45-29-34-51(41-54(45)39-48)69-60-20-7-9-22-62(60)70(63-23-10-8-21-61(63)69)52-35-36-66-64(42-52)55-15-11-12-24-65(55)71-66/h1-42H. The van der Waals surface area contributed by atoms with Gasteiger partial charge >= 0.3 is 0 Å². The summed E-state index contributed by atoms with van der Waals surface area (Å²) in [6, 6.07) is 94.1. The second-order valence-electron chi connectivity index (χ2n) is 19.1. The van der Waals surface area contributed by atoms with Crippen LogP contribution in [0.2, 0.25) is 0 Å². The highest BCUT2D eigenvalue weighted by Gasteiger charge is 2.20. The first kappa shape index (κ1) is 39.7. The van der Waals surface area contributed by atoms with Crippen molar-refractivity contribution in [1.82, 2.24) is 0 Å². The van der Waals surface area contributed by atoms with Crippen LogP contribution >= 0.6 is 0 Å². The largest absolute Gasteiger partial charge is 0.456 e. The lowest BCUT2D eigenvalue weighted by Crippen LogP contribution is -1.91. The summed E-state index contributed by atoms with van der Waals surface area (Å²) in [4.78, 5) is 0. The van der Waals surface area contributed by atoms with Crippen molar-refractivity contribution < 1.29 is 4.42 Å². The van der Waals surface area contributed by atoms with E-state index >= 15 is 0 Å². The molecule has 15 aromatic rings. The van der Waals surface area contributed by atoms with E-state index in [-0.39, 0.29) is 0 Å². The van der Waals surface area contributed by atoms with E-state index in [1.807, 2.05) is 6.07 Å². The van der Waals surface area contributed by atoms with E-state index in [9.17, 15) is 0 Å². The summed E-state index contributed by atoms with van der Waals surface area (Å²) < 4.78 is 6.26. The molecule has 328 valence electrons. The molecule has 15 rings (SSSR count). The highest BCUT2D eigenvalue weighted by molar-refractivity contribution is 6.24. The minimum absolute atomic E-state index is 0.908. The molecule has 71 heavy (non-hydrogen) atoms. The van der Waals surface area contributed by atoms with Crippen LogP contribution in [-0.4, -0.2) is 0 Å². The van der Waals surface area contributed by atoms with Gasteiger partial charge in [-0.1, -0.05) is 206 Å². The van der Waals surface area contributed by atoms with Crippen LogP contribution in [0, 0.1) is 0 Å². The van der Waals surface area contributed by atoms with Gasteiger partial charge in [0, 0.05) is 10.8 Å². The summed E-state index contributed by atoms with van der Waals surface area (Å²) >= 11 is 0. The van der Waals surface area contributed by atoms with Gasteiger partial charge in [0.05, 0.1) is 0 Å². The molecule has 0 fully saturated rings. The number of para-hydroxylation sites is 1. The van der Waals surface area contributed by atoms with Crippen LogP contribution in [0.4, 0.5) is 0 Å². The van der Waals surface area contributed by atoms with Gasteiger partial charge in [-0.15, -0.1) is 0 Å². The third-order valence-electron chi connectivity index (χ3n) is 15.2. The fourth-order valence-electron chi connectivity index (χ4n) is 11.9. The number of benzene rings is 14. The van der Waals surface area contributed by atoms with Crippen LogP contribution in [0.25, 0.3) is 153 Å². The van der Waals surface area contributed by atoms with Crippen molar-refractivity contribution in [1.29, 1.82) is 0 Å². The van der Waals surface area contributed by atoms with Gasteiger partial charge in [0.15, 0.2) is 0 Å². The van der Waals surface area contributed by atoms with E-state index in [0.29, 0.717) is 0 Å². The summed E-state index contributed by atoms with van der Waals surface area (Å²) in [6.45, 7) is 0. The lowest BCUT2D eigenvalue weighted by atomic mass is 9.85. The van der Waals surface area contributed by atoms with Gasteiger partial charge in [-0.2, -0.15) is 0 Å². The molecule has 0 radical (unpaired) electrons. The van der Waals surface area contributed by atoms with Crippen LogP contribution in [0.1, 0.15) is 0 Å². The molecule has 0 amide bonds. The predicted molar refractivity (Wildman–Crippen MR) is 303 cm³/mol. The average molecular weight is 899 g/mol. The highest BCUT2D eigenvalue weighted by atomic mass is 16.3. The van der Waals surface area contributed by atoms with Gasteiger partial charge in [-0.25, -0.2) is 0 Å². The molecule has 0 bridgehead atoms. The molecule has 0 atom stereocenters. The smallest absolute Gasteiger partial charge is 0.135 e. The summed E-state index contributed by atoms with van der Waals surface area (Å²) in [6.07, 6.45) is 0. The second-order valence-corrected chi connectivity index (χ2v) is 19.1. The summed E-state index contributed by atoms with van der Waals surface area (Å²) in [5.41, 5.74) is 14.1. The molecule has 1 nitrogen and oxygen atoms in total. The molecule has 0 aliphatic carbocycles. The Bertz CT molecular complexity index is 4590. The number of hydrogen-bond acceptors (Lipinski definition) is 1. The van der Waals surface area contributed by atoms with Gasteiger partial charge in [-0.05, 0) is 180 Å². The van der Waals surface area contributed by atoms with Crippen LogP contribution in [0.3, 0.4) is 0 Å². The molecule has 1 heteroatoms. The zero-order valence-electron chi connectivity index (χ0n) is 38.7. The van der Waals surface area contributed by atoms with Gasteiger partial charge in [0.1, 0.15) is 11.2 Å². The van der Waals surface area contributed by atoms with Crippen LogP contribution in [0.15, 0.2) is 259 Å². The maximum absolute atomic E-state index is 6.26. The molecule has 0 aliphatic rings. The second kappa shape index (κ2) is 15.6. The monoisotopic (exact) mass is 898 g/mol. The average Bonchev–Trinajstić information content (AvgIpc) is 3.81. The van der Waals surface area contributed by atoms with Crippen molar-refractivity contribution in [3.05, 3.63) is 255 Å². The molecule has 0 saturated carbocycles. The third-order valence-corrected chi connectivity index (χ3v) is 15.2. The van der Waals surface area contributed by atoms with Crippen molar-refractivity contribution in [3.63, 3.8) is 0 Å². The van der Waals surface area contributed by atoms with Gasteiger partial charge in [-0.3, -0.25) is 0 Å². The molecule has 0 aliphatic heterocycles. The number of hydrogen-bond donors (Lipinski definition) is 0. The maximum Gasteiger partial charge on any atom is 0.135 e. The van der Waals surface area contributed by atoms with E-state index in [1.165, 1.54) is 131 Å². The Labute approximate surface area is 410 Å². The SMILES string of the molecule is c1ccc2cc(-c3c4ccccc4c(-c4ccc5ccc(-c6ccc7ccc(-c8c9ccccc9c(-c9ccc%10oc%11ccccc%11c%10c9)c9ccccc89)cc7c6)cc5c4)c4ccccc34)ccc2c1. The summed E-state index contributed by atoms with van der Waals surface area (Å²) in [5, 5.41) is 19.7. The van der Waals surface area contributed by atoms with Gasteiger partial charge < -0.3 is 4.42 Å². The zero-order chi connectivity index (χ0) is 46.6. The van der Waals surface area contributed by atoms with Crippen molar-refractivity contribution >= 4 is 97.3 Å². The van der Waals surface area contributed by atoms with Crippen LogP contribution in [0.5, 0.6) is 0 Å². The highest BCUT2D eigenvalue weighted by Crippen LogP contribution is 2.47. The van der Waals surface area contributed by atoms with Crippen molar-refractivity contribution in [2.45, 2.75) is 0 Å². The fraction of sp³-hybridized carbons (Fsp3) is 0.